The van der Waals surface area contributed by atoms with Crippen molar-refractivity contribution in [3.8, 4) is 11.5 Å². The summed E-state index contributed by atoms with van der Waals surface area (Å²) in [5.41, 5.74) is 1.67. The summed E-state index contributed by atoms with van der Waals surface area (Å²) < 4.78 is 15.9. The SMILES string of the molecule is COc1cc(OC)c2c(C)c(C(=O)C(=O)N3CCOCC3)[nH]c2c1. The number of aryl methyl sites for hydroxylation is 1. The number of rotatable bonds is 4. The second-order valence-electron chi connectivity index (χ2n) is 5.61. The Kier molecular flexibility index (Phi) is 4.44. The molecular weight excluding hydrogens is 312 g/mol. The lowest BCUT2D eigenvalue weighted by molar-refractivity contribution is -0.130. The molecule has 0 bridgehead atoms. The Labute approximate surface area is 139 Å². The molecule has 1 amide bonds. The number of ether oxygens (including phenoxy) is 3. The summed E-state index contributed by atoms with van der Waals surface area (Å²) in [6.45, 7) is 3.57. The van der Waals surface area contributed by atoms with Crippen LogP contribution in [0.5, 0.6) is 11.5 Å². The van der Waals surface area contributed by atoms with E-state index in [1.807, 2.05) is 0 Å². The standard InChI is InChI=1S/C17H20N2O5/c1-10-14-12(8-11(22-2)9-13(14)23-3)18-15(10)16(20)17(21)19-4-6-24-7-5-19/h8-9,18H,4-7H2,1-3H3. The van der Waals surface area contributed by atoms with Crippen molar-refractivity contribution in [3.63, 3.8) is 0 Å². The Bertz CT molecular complexity index is 790. The van der Waals surface area contributed by atoms with E-state index in [2.05, 4.69) is 4.98 Å². The largest absolute Gasteiger partial charge is 0.497 e. The van der Waals surface area contributed by atoms with Crippen LogP contribution in [0.1, 0.15) is 16.1 Å². The number of Topliss-reactive ketones (excluding diaryl/α,β-unsaturated/α-hetero) is 1. The molecule has 1 fully saturated rings. The van der Waals surface area contributed by atoms with Crippen LogP contribution in [0.2, 0.25) is 0 Å². The number of carbonyl (C=O) groups is 2. The third-order valence-corrected chi connectivity index (χ3v) is 4.26. The maximum Gasteiger partial charge on any atom is 0.296 e. The van der Waals surface area contributed by atoms with Crippen molar-refractivity contribution in [2.24, 2.45) is 0 Å². The molecule has 0 atom stereocenters. The van der Waals surface area contributed by atoms with Crippen molar-refractivity contribution in [2.45, 2.75) is 6.92 Å². The number of hydrogen-bond donors (Lipinski definition) is 1. The minimum absolute atomic E-state index is 0.285. The molecule has 0 aliphatic carbocycles. The zero-order valence-corrected chi connectivity index (χ0v) is 14.0. The number of fused-ring (bicyclic) bond motifs is 1. The first-order valence-electron chi connectivity index (χ1n) is 7.72. The van der Waals surface area contributed by atoms with Gasteiger partial charge < -0.3 is 24.1 Å². The van der Waals surface area contributed by atoms with E-state index < -0.39 is 11.7 Å². The highest BCUT2D eigenvalue weighted by Gasteiger charge is 2.28. The van der Waals surface area contributed by atoms with Gasteiger partial charge in [-0.25, -0.2) is 0 Å². The monoisotopic (exact) mass is 332 g/mol. The number of hydrogen-bond acceptors (Lipinski definition) is 5. The van der Waals surface area contributed by atoms with Gasteiger partial charge >= 0.3 is 0 Å². The average molecular weight is 332 g/mol. The summed E-state index contributed by atoms with van der Waals surface area (Å²) in [4.78, 5) is 29.7. The minimum Gasteiger partial charge on any atom is -0.497 e. The van der Waals surface area contributed by atoms with Crippen LogP contribution in [0.4, 0.5) is 0 Å². The molecule has 1 aliphatic rings. The zero-order chi connectivity index (χ0) is 17.3. The predicted molar refractivity (Wildman–Crippen MR) is 87.9 cm³/mol. The Morgan fingerprint density at radius 2 is 1.88 bits per heavy atom. The fourth-order valence-electron chi connectivity index (χ4n) is 2.95. The number of aromatic amines is 1. The third-order valence-electron chi connectivity index (χ3n) is 4.26. The topological polar surface area (TPSA) is 80.9 Å². The fourth-order valence-corrected chi connectivity index (χ4v) is 2.95. The van der Waals surface area contributed by atoms with Gasteiger partial charge in [0.05, 0.1) is 38.6 Å². The molecule has 0 spiro atoms. The number of nitrogens with zero attached hydrogens (tertiary/aromatic N) is 1. The predicted octanol–water partition coefficient (Wildman–Crippen LogP) is 1.54. The molecule has 3 rings (SSSR count). The molecule has 1 saturated heterocycles. The molecule has 1 aliphatic heterocycles. The number of ketones is 1. The Morgan fingerprint density at radius 3 is 2.50 bits per heavy atom. The molecule has 1 aromatic heterocycles. The van der Waals surface area contributed by atoms with E-state index in [9.17, 15) is 9.59 Å². The molecule has 0 saturated carbocycles. The number of morpholine rings is 1. The lowest BCUT2D eigenvalue weighted by Gasteiger charge is -2.25. The van der Waals surface area contributed by atoms with Gasteiger partial charge in [-0.2, -0.15) is 0 Å². The van der Waals surface area contributed by atoms with Crippen LogP contribution in [0.25, 0.3) is 10.9 Å². The Hall–Kier alpha value is -2.54. The molecule has 0 unspecified atom stereocenters. The highest BCUT2D eigenvalue weighted by Crippen LogP contribution is 2.35. The number of methoxy groups -OCH3 is 2. The molecule has 24 heavy (non-hydrogen) atoms. The zero-order valence-electron chi connectivity index (χ0n) is 14.0. The third kappa shape index (κ3) is 2.71. The summed E-state index contributed by atoms with van der Waals surface area (Å²) in [5.74, 6) is 0.139. The minimum atomic E-state index is -0.549. The summed E-state index contributed by atoms with van der Waals surface area (Å²) in [7, 11) is 3.12. The molecule has 2 heterocycles. The van der Waals surface area contributed by atoms with Crippen molar-refractivity contribution in [1.29, 1.82) is 0 Å². The van der Waals surface area contributed by atoms with Crippen LogP contribution in [0, 0.1) is 6.92 Å². The van der Waals surface area contributed by atoms with E-state index >= 15 is 0 Å². The molecule has 1 N–H and O–H groups in total. The van der Waals surface area contributed by atoms with Crippen molar-refractivity contribution >= 4 is 22.6 Å². The van der Waals surface area contributed by atoms with Gasteiger partial charge in [-0.1, -0.05) is 0 Å². The van der Waals surface area contributed by atoms with Gasteiger partial charge in [0.15, 0.2) is 0 Å². The number of H-pyrrole nitrogens is 1. The van der Waals surface area contributed by atoms with Gasteiger partial charge in [-0.3, -0.25) is 9.59 Å². The van der Waals surface area contributed by atoms with Gasteiger partial charge in [-0.15, -0.1) is 0 Å². The summed E-state index contributed by atoms with van der Waals surface area (Å²) in [6, 6.07) is 3.53. The Morgan fingerprint density at radius 1 is 1.17 bits per heavy atom. The van der Waals surface area contributed by atoms with Crippen LogP contribution >= 0.6 is 0 Å². The molecule has 1 aromatic carbocycles. The molecule has 7 heteroatoms. The van der Waals surface area contributed by atoms with Crippen LogP contribution in [-0.4, -0.2) is 62.1 Å². The maximum atomic E-state index is 12.7. The van der Waals surface area contributed by atoms with E-state index in [1.54, 1.807) is 33.3 Å². The lowest BCUT2D eigenvalue weighted by Crippen LogP contribution is -2.44. The molecule has 0 radical (unpaired) electrons. The van der Waals surface area contributed by atoms with E-state index in [0.29, 0.717) is 48.9 Å². The maximum absolute atomic E-state index is 12.7. The van der Waals surface area contributed by atoms with E-state index in [-0.39, 0.29) is 5.69 Å². The average Bonchev–Trinajstić information content (AvgIpc) is 2.97. The number of aromatic nitrogens is 1. The number of benzene rings is 1. The first-order valence-corrected chi connectivity index (χ1v) is 7.72. The first kappa shape index (κ1) is 16.3. The van der Waals surface area contributed by atoms with E-state index in [0.717, 1.165) is 5.39 Å². The van der Waals surface area contributed by atoms with Gasteiger partial charge in [0.1, 0.15) is 11.5 Å². The molecule has 7 nitrogen and oxygen atoms in total. The Balaban J connectivity index is 2.01. The number of nitrogens with one attached hydrogen (secondary N) is 1. The normalized spacial score (nSPS) is 14.7. The first-order chi connectivity index (χ1) is 11.6. The van der Waals surface area contributed by atoms with Gasteiger partial charge in [-0.05, 0) is 12.5 Å². The number of amides is 1. The molecule has 2 aromatic rings. The van der Waals surface area contributed by atoms with Crippen LogP contribution in [-0.2, 0) is 9.53 Å². The van der Waals surface area contributed by atoms with Crippen molar-refractivity contribution in [1.82, 2.24) is 9.88 Å². The number of carbonyl (C=O) groups excluding carboxylic acids is 2. The summed E-state index contributed by atoms with van der Waals surface area (Å²) in [5, 5.41) is 0.774. The molecule has 128 valence electrons. The van der Waals surface area contributed by atoms with Crippen molar-refractivity contribution < 1.29 is 23.8 Å². The highest BCUT2D eigenvalue weighted by atomic mass is 16.5. The lowest BCUT2D eigenvalue weighted by atomic mass is 10.1. The van der Waals surface area contributed by atoms with Crippen LogP contribution in [0.3, 0.4) is 0 Å². The van der Waals surface area contributed by atoms with Gasteiger partial charge in [0.25, 0.3) is 11.7 Å². The van der Waals surface area contributed by atoms with Gasteiger partial charge in [0, 0.05) is 30.6 Å². The van der Waals surface area contributed by atoms with Gasteiger partial charge in [0.2, 0.25) is 0 Å². The van der Waals surface area contributed by atoms with Crippen molar-refractivity contribution in [3.05, 3.63) is 23.4 Å². The molecular formula is C17H20N2O5. The second-order valence-corrected chi connectivity index (χ2v) is 5.61. The summed E-state index contributed by atoms with van der Waals surface area (Å²) in [6.07, 6.45) is 0. The fraction of sp³-hybridized carbons (Fsp3) is 0.412. The van der Waals surface area contributed by atoms with E-state index in [4.69, 9.17) is 14.2 Å². The quantitative estimate of drug-likeness (QED) is 0.678. The van der Waals surface area contributed by atoms with Crippen LogP contribution < -0.4 is 9.47 Å². The van der Waals surface area contributed by atoms with Crippen molar-refractivity contribution in [2.75, 3.05) is 40.5 Å². The van der Waals surface area contributed by atoms with E-state index in [1.165, 1.54) is 4.90 Å². The second kappa shape index (κ2) is 6.52. The smallest absolute Gasteiger partial charge is 0.296 e. The van der Waals surface area contributed by atoms with Crippen LogP contribution in [0.15, 0.2) is 12.1 Å². The highest BCUT2D eigenvalue weighted by molar-refractivity contribution is 6.43. The summed E-state index contributed by atoms with van der Waals surface area (Å²) >= 11 is 0.